The van der Waals surface area contributed by atoms with Gasteiger partial charge in [-0.2, -0.15) is 0 Å². The van der Waals surface area contributed by atoms with Gasteiger partial charge in [-0.1, -0.05) is 19.1 Å². The molecule has 1 atom stereocenters. The van der Waals surface area contributed by atoms with E-state index in [0.717, 1.165) is 39.0 Å². The van der Waals surface area contributed by atoms with Crippen molar-refractivity contribution in [2.24, 2.45) is 22.6 Å². The number of piperidine rings is 2. The van der Waals surface area contributed by atoms with Gasteiger partial charge < -0.3 is 20.6 Å². The molecule has 0 radical (unpaired) electrons. The van der Waals surface area contributed by atoms with Crippen molar-refractivity contribution in [1.29, 1.82) is 0 Å². The first-order chi connectivity index (χ1) is 12.2. The average molecular weight is 472 g/mol. The maximum absolute atomic E-state index is 9.25. The lowest BCUT2D eigenvalue weighted by atomic mass is 9.97. The largest absolute Gasteiger partial charge is 0.396 e. The van der Waals surface area contributed by atoms with Gasteiger partial charge in [0.15, 0.2) is 5.96 Å². The van der Waals surface area contributed by atoms with Crippen molar-refractivity contribution in [3.05, 3.63) is 29.8 Å². The molecule has 0 saturated carbocycles. The monoisotopic (exact) mass is 472 g/mol. The Labute approximate surface area is 174 Å². The Hall–Kier alpha value is -1.02. The lowest BCUT2D eigenvalue weighted by Crippen LogP contribution is -2.43. The van der Waals surface area contributed by atoms with Crippen molar-refractivity contribution >= 4 is 35.6 Å². The zero-order chi connectivity index (χ0) is 17.6. The second-order valence-corrected chi connectivity index (χ2v) is 7.65. The number of rotatable bonds is 4. The molecule has 3 N–H and O–H groups in total. The third kappa shape index (κ3) is 5.74. The highest BCUT2D eigenvalue weighted by Gasteiger charge is 2.19. The highest BCUT2D eigenvalue weighted by Crippen LogP contribution is 2.23. The van der Waals surface area contributed by atoms with E-state index in [-0.39, 0.29) is 24.0 Å². The summed E-state index contributed by atoms with van der Waals surface area (Å²) in [5, 5.41) is 9.25. The van der Waals surface area contributed by atoms with E-state index >= 15 is 0 Å². The number of hydrogen-bond acceptors (Lipinski definition) is 3. The highest BCUT2D eigenvalue weighted by molar-refractivity contribution is 14.0. The molecule has 0 bridgehead atoms. The van der Waals surface area contributed by atoms with Crippen molar-refractivity contribution in [3.8, 4) is 0 Å². The smallest absolute Gasteiger partial charge is 0.191 e. The van der Waals surface area contributed by atoms with E-state index in [0.29, 0.717) is 30.9 Å². The average Bonchev–Trinajstić information content (AvgIpc) is 2.66. The quantitative estimate of drug-likeness (QED) is 0.402. The van der Waals surface area contributed by atoms with Crippen LogP contribution in [-0.2, 0) is 6.54 Å². The second kappa shape index (κ2) is 10.3. The predicted molar refractivity (Wildman–Crippen MR) is 119 cm³/mol. The Kier molecular flexibility index (Phi) is 8.47. The van der Waals surface area contributed by atoms with Gasteiger partial charge in [-0.05, 0) is 55.2 Å². The number of aliphatic hydroxyl groups excluding tert-OH is 1. The van der Waals surface area contributed by atoms with Crippen LogP contribution in [0.15, 0.2) is 29.3 Å². The van der Waals surface area contributed by atoms with Crippen LogP contribution in [-0.4, -0.2) is 48.8 Å². The van der Waals surface area contributed by atoms with Crippen molar-refractivity contribution in [3.63, 3.8) is 0 Å². The van der Waals surface area contributed by atoms with Gasteiger partial charge in [-0.25, -0.2) is 4.99 Å². The van der Waals surface area contributed by atoms with Gasteiger partial charge >= 0.3 is 0 Å². The standard InChI is InChI=1S/C20H32N4O.HI/c1-16-3-2-10-24(14-16)20(21)22-13-17-4-6-19(7-5-17)23-11-8-18(15-25)9-12-23;/h4-7,16,18,25H,2-3,8-15H2,1H3,(H2,21,22);1H. The molecular weight excluding hydrogens is 439 g/mol. The number of nitrogens with two attached hydrogens (primary N) is 1. The fourth-order valence-corrected chi connectivity index (χ4v) is 3.86. The molecule has 5 nitrogen and oxygen atoms in total. The number of benzene rings is 1. The number of anilines is 1. The maximum Gasteiger partial charge on any atom is 0.191 e. The molecule has 3 rings (SSSR count). The molecule has 0 spiro atoms. The first-order valence-corrected chi connectivity index (χ1v) is 9.65. The van der Waals surface area contributed by atoms with Crippen LogP contribution in [0, 0.1) is 11.8 Å². The molecule has 2 heterocycles. The Bertz CT molecular complexity index is 570. The van der Waals surface area contributed by atoms with Gasteiger partial charge in [0, 0.05) is 38.5 Å². The number of aliphatic hydroxyl groups is 1. The zero-order valence-electron chi connectivity index (χ0n) is 15.8. The third-order valence-electron chi connectivity index (χ3n) is 5.58. The van der Waals surface area contributed by atoms with E-state index in [9.17, 15) is 5.11 Å². The molecule has 26 heavy (non-hydrogen) atoms. The second-order valence-electron chi connectivity index (χ2n) is 7.65. The normalized spacial score (nSPS) is 22.2. The molecule has 2 saturated heterocycles. The summed E-state index contributed by atoms with van der Waals surface area (Å²) >= 11 is 0. The summed E-state index contributed by atoms with van der Waals surface area (Å²) in [6.45, 7) is 7.36. The molecule has 2 fully saturated rings. The molecule has 6 heteroatoms. The van der Waals surface area contributed by atoms with Crippen molar-refractivity contribution in [1.82, 2.24) is 4.90 Å². The molecule has 0 amide bonds. The minimum Gasteiger partial charge on any atom is -0.396 e. The zero-order valence-corrected chi connectivity index (χ0v) is 18.1. The van der Waals surface area contributed by atoms with Crippen LogP contribution in [0.1, 0.15) is 38.2 Å². The first kappa shape index (κ1) is 21.3. The van der Waals surface area contributed by atoms with Gasteiger partial charge in [-0.3, -0.25) is 0 Å². The summed E-state index contributed by atoms with van der Waals surface area (Å²) in [7, 11) is 0. The summed E-state index contributed by atoms with van der Waals surface area (Å²) in [6.07, 6.45) is 4.65. The minimum atomic E-state index is 0. The molecule has 1 aromatic rings. The van der Waals surface area contributed by atoms with E-state index in [1.165, 1.54) is 24.1 Å². The predicted octanol–water partition coefficient (Wildman–Crippen LogP) is 3.06. The van der Waals surface area contributed by atoms with Crippen molar-refractivity contribution in [2.45, 2.75) is 39.2 Å². The summed E-state index contributed by atoms with van der Waals surface area (Å²) in [6, 6.07) is 8.68. The van der Waals surface area contributed by atoms with Crippen LogP contribution < -0.4 is 10.6 Å². The van der Waals surface area contributed by atoms with E-state index in [4.69, 9.17) is 5.73 Å². The molecule has 1 aromatic carbocycles. The van der Waals surface area contributed by atoms with Crippen LogP contribution in [0.2, 0.25) is 0 Å². The van der Waals surface area contributed by atoms with Crippen LogP contribution in [0.4, 0.5) is 5.69 Å². The fourth-order valence-electron chi connectivity index (χ4n) is 3.86. The molecule has 2 aliphatic rings. The minimum absolute atomic E-state index is 0. The molecular formula is C20H33IN4O. The number of halogens is 1. The molecule has 1 unspecified atom stereocenters. The third-order valence-corrected chi connectivity index (χ3v) is 5.58. The van der Waals surface area contributed by atoms with Crippen LogP contribution in [0.3, 0.4) is 0 Å². The molecule has 0 aliphatic carbocycles. The Morgan fingerprint density at radius 3 is 2.46 bits per heavy atom. The topological polar surface area (TPSA) is 65.1 Å². The Balaban J connectivity index is 0.00000243. The van der Waals surface area contributed by atoms with Gasteiger partial charge in [0.25, 0.3) is 0 Å². The SMILES string of the molecule is CC1CCCN(C(N)=NCc2ccc(N3CCC(CO)CC3)cc2)C1.I. The lowest BCUT2D eigenvalue weighted by molar-refractivity contribution is 0.203. The van der Waals surface area contributed by atoms with Crippen LogP contribution >= 0.6 is 24.0 Å². The number of hydrogen-bond donors (Lipinski definition) is 2. The molecule has 0 aromatic heterocycles. The number of aliphatic imine (C=N–C) groups is 1. The van der Waals surface area contributed by atoms with E-state index in [1.807, 2.05) is 0 Å². The highest BCUT2D eigenvalue weighted by atomic mass is 127. The van der Waals surface area contributed by atoms with Gasteiger partial charge in [0.05, 0.1) is 6.54 Å². The van der Waals surface area contributed by atoms with Crippen LogP contribution in [0.25, 0.3) is 0 Å². The summed E-state index contributed by atoms with van der Waals surface area (Å²) < 4.78 is 0. The summed E-state index contributed by atoms with van der Waals surface area (Å²) in [5.74, 6) is 1.86. The van der Waals surface area contributed by atoms with Gasteiger partial charge in [0.1, 0.15) is 0 Å². The van der Waals surface area contributed by atoms with Crippen molar-refractivity contribution < 1.29 is 5.11 Å². The lowest BCUT2D eigenvalue weighted by Gasteiger charge is -2.33. The number of guanidine groups is 1. The van der Waals surface area contributed by atoms with E-state index in [2.05, 4.69) is 46.0 Å². The molecule has 2 aliphatic heterocycles. The number of nitrogens with zero attached hydrogens (tertiary/aromatic N) is 3. The van der Waals surface area contributed by atoms with E-state index < -0.39 is 0 Å². The summed E-state index contributed by atoms with van der Waals surface area (Å²) in [4.78, 5) is 9.22. The Morgan fingerprint density at radius 1 is 1.15 bits per heavy atom. The van der Waals surface area contributed by atoms with Crippen LogP contribution in [0.5, 0.6) is 0 Å². The maximum atomic E-state index is 9.25. The van der Waals surface area contributed by atoms with Gasteiger partial charge in [-0.15, -0.1) is 24.0 Å². The van der Waals surface area contributed by atoms with E-state index in [1.54, 1.807) is 0 Å². The Morgan fingerprint density at radius 2 is 1.85 bits per heavy atom. The number of likely N-dealkylation sites (tertiary alicyclic amines) is 1. The summed E-state index contributed by atoms with van der Waals surface area (Å²) in [5.41, 5.74) is 8.64. The molecule has 146 valence electrons. The van der Waals surface area contributed by atoms with Gasteiger partial charge in [0.2, 0.25) is 0 Å². The first-order valence-electron chi connectivity index (χ1n) is 9.65. The van der Waals surface area contributed by atoms with Crippen molar-refractivity contribution in [2.75, 3.05) is 37.7 Å². The fraction of sp³-hybridized carbons (Fsp3) is 0.650.